The third kappa shape index (κ3) is 4.68. The Kier molecular flexibility index (Phi) is 4.64. The molecule has 2 rings (SSSR count). The molecule has 0 aromatic heterocycles. The first-order valence-corrected chi connectivity index (χ1v) is 9.37. The molecule has 0 saturated heterocycles. The summed E-state index contributed by atoms with van der Waals surface area (Å²) in [4.78, 5) is -0.103. The Morgan fingerprint density at radius 1 is 1.00 bits per heavy atom. The van der Waals surface area contributed by atoms with Crippen molar-refractivity contribution in [3.63, 3.8) is 0 Å². The van der Waals surface area contributed by atoms with Crippen molar-refractivity contribution in [3.05, 3.63) is 53.6 Å². The molecular formula is C14H14O7S2. The third-order valence-corrected chi connectivity index (χ3v) is 4.82. The second-order valence-electron chi connectivity index (χ2n) is 4.87. The van der Waals surface area contributed by atoms with Gasteiger partial charge in [-0.2, -0.15) is 16.8 Å². The van der Waals surface area contributed by atoms with Gasteiger partial charge in [0.2, 0.25) is 0 Å². The van der Waals surface area contributed by atoms with Crippen LogP contribution < -0.4 is 4.18 Å². The summed E-state index contributed by atoms with van der Waals surface area (Å²) in [6.07, 6.45) is 0. The monoisotopic (exact) mass is 358 g/mol. The van der Waals surface area contributed by atoms with Crippen molar-refractivity contribution in [1.29, 1.82) is 0 Å². The lowest BCUT2D eigenvalue weighted by molar-refractivity contribution is 0.463. The first-order chi connectivity index (χ1) is 10.6. The summed E-state index contributed by atoms with van der Waals surface area (Å²) in [5.41, 5.74) is 0.684. The van der Waals surface area contributed by atoms with Crippen molar-refractivity contribution in [3.8, 4) is 11.5 Å². The Bertz CT molecular complexity index is 914. The summed E-state index contributed by atoms with van der Waals surface area (Å²) in [7, 11) is -8.61. The van der Waals surface area contributed by atoms with Gasteiger partial charge < -0.3 is 9.29 Å². The summed E-state index contributed by atoms with van der Waals surface area (Å²) in [5, 5.41) is 9.40. The lowest BCUT2D eigenvalue weighted by Crippen LogP contribution is -2.12. The molecule has 2 aromatic carbocycles. The predicted octanol–water partition coefficient (Wildman–Crippen LogP) is 1.86. The van der Waals surface area contributed by atoms with E-state index in [9.17, 15) is 21.9 Å². The van der Waals surface area contributed by atoms with Gasteiger partial charge in [0.05, 0.1) is 0 Å². The van der Waals surface area contributed by atoms with Crippen molar-refractivity contribution >= 4 is 20.2 Å². The quantitative estimate of drug-likeness (QED) is 0.618. The predicted molar refractivity (Wildman–Crippen MR) is 82.4 cm³/mol. The minimum Gasteiger partial charge on any atom is -0.508 e. The highest BCUT2D eigenvalue weighted by Gasteiger charge is 2.20. The van der Waals surface area contributed by atoms with Crippen LogP contribution in [0.25, 0.3) is 0 Å². The largest absolute Gasteiger partial charge is 0.508 e. The number of aromatic hydroxyl groups is 1. The van der Waals surface area contributed by atoms with Crippen molar-refractivity contribution < 1.29 is 30.7 Å². The Labute approximate surface area is 134 Å². The van der Waals surface area contributed by atoms with E-state index in [2.05, 4.69) is 0 Å². The molecule has 9 heteroatoms. The molecular weight excluding hydrogens is 344 g/mol. The molecule has 2 aromatic rings. The van der Waals surface area contributed by atoms with E-state index < -0.39 is 26.0 Å². The molecule has 0 aliphatic carbocycles. The van der Waals surface area contributed by atoms with Crippen LogP contribution in [0.15, 0.2) is 47.4 Å². The molecule has 0 unspecified atom stereocenters. The molecule has 7 nitrogen and oxygen atoms in total. The molecule has 23 heavy (non-hydrogen) atoms. The third-order valence-electron chi connectivity index (χ3n) is 2.89. The SMILES string of the molecule is Cc1ccc(S(=O)(=O)Oc2ccc(O)cc2CS(=O)(=O)O)cc1. The topological polar surface area (TPSA) is 118 Å². The van der Waals surface area contributed by atoms with E-state index in [-0.39, 0.29) is 22.0 Å². The molecule has 2 N–H and O–H groups in total. The normalized spacial score (nSPS) is 12.1. The Morgan fingerprint density at radius 2 is 1.61 bits per heavy atom. The molecule has 124 valence electrons. The lowest BCUT2D eigenvalue weighted by Gasteiger charge is -2.11. The standard InChI is InChI=1S/C14H14O7S2/c1-10-2-5-13(6-3-10)23(19,20)21-14-7-4-12(15)8-11(14)9-22(16,17)18/h2-8,15H,9H2,1H3,(H,16,17,18). The van der Waals surface area contributed by atoms with E-state index in [1.54, 1.807) is 19.1 Å². The lowest BCUT2D eigenvalue weighted by atomic mass is 10.2. The van der Waals surface area contributed by atoms with Gasteiger partial charge in [-0.15, -0.1) is 0 Å². The van der Waals surface area contributed by atoms with Gasteiger partial charge in [-0.05, 0) is 37.3 Å². The van der Waals surface area contributed by atoms with E-state index >= 15 is 0 Å². The molecule has 0 atom stereocenters. The smallest absolute Gasteiger partial charge is 0.339 e. The van der Waals surface area contributed by atoms with Crippen LogP contribution in [0.4, 0.5) is 0 Å². The Hall–Kier alpha value is -2.10. The summed E-state index contributed by atoms with van der Waals surface area (Å²) >= 11 is 0. The van der Waals surface area contributed by atoms with Crippen LogP contribution in [0.3, 0.4) is 0 Å². The van der Waals surface area contributed by atoms with Crippen LogP contribution in [0.1, 0.15) is 11.1 Å². The zero-order chi connectivity index (χ0) is 17.3. The molecule has 0 aliphatic heterocycles. The van der Waals surface area contributed by atoms with Gasteiger partial charge in [0.1, 0.15) is 22.1 Å². The van der Waals surface area contributed by atoms with Crippen LogP contribution in [-0.2, 0) is 26.0 Å². The van der Waals surface area contributed by atoms with Gasteiger partial charge in [-0.1, -0.05) is 17.7 Å². The van der Waals surface area contributed by atoms with Gasteiger partial charge in [-0.3, -0.25) is 4.55 Å². The molecule has 0 saturated carbocycles. The number of hydrogen-bond donors (Lipinski definition) is 2. The van der Waals surface area contributed by atoms with Crippen LogP contribution >= 0.6 is 0 Å². The van der Waals surface area contributed by atoms with Gasteiger partial charge in [-0.25, -0.2) is 0 Å². The fourth-order valence-electron chi connectivity index (χ4n) is 1.83. The number of benzene rings is 2. The average molecular weight is 358 g/mol. The number of hydrogen-bond acceptors (Lipinski definition) is 6. The molecule has 0 aliphatic rings. The Balaban J connectivity index is 2.41. The van der Waals surface area contributed by atoms with Crippen molar-refractivity contribution in [1.82, 2.24) is 0 Å². The highest BCUT2D eigenvalue weighted by molar-refractivity contribution is 7.87. The van der Waals surface area contributed by atoms with Gasteiger partial charge in [0.25, 0.3) is 10.1 Å². The number of rotatable bonds is 5. The summed E-state index contributed by atoms with van der Waals surface area (Å²) < 4.78 is 60.3. The van der Waals surface area contributed by atoms with Crippen LogP contribution in [0.5, 0.6) is 11.5 Å². The fraction of sp³-hybridized carbons (Fsp3) is 0.143. The molecule has 0 amide bonds. The van der Waals surface area contributed by atoms with Gasteiger partial charge in [0, 0.05) is 5.56 Å². The van der Waals surface area contributed by atoms with Crippen molar-refractivity contribution in [2.75, 3.05) is 0 Å². The minimum absolute atomic E-state index is 0.103. The van der Waals surface area contributed by atoms with E-state index in [1.165, 1.54) is 12.1 Å². The second kappa shape index (κ2) is 6.19. The number of phenolic OH excluding ortho intramolecular Hbond substituents is 1. The summed E-state index contributed by atoms with van der Waals surface area (Å²) in [6, 6.07) is 9.15. The molecule has 0 fully saturated rings. The van der Waals surface area contributed by atoms with Crippen molar-refractivity contribution in [2.24, 2.45) is 0 Å². The maximum Gasteiger partial charge on any atom is 0.339 e. The molecule has 0 spiro atoms. The maximum atomic E-state index is 12.2. The van der Waals surface area contributed by atoms with Crippen LogP contribution in [0.2, 0.25) is 0 Å². The first kappa shape index (κ1) is 17.3. The van der Waals surface area contributed by atoms with Gasteiger partial charge >= 0.3 is 10.1 Å². The summed E-state index contributed by atoms with van der Waals surface area (Å²) in [6.45, 7) is 1.79. The van der Waals surface area contributed by atoms with Crippen LogP contribution in [-0.4, -0.2) is 26.5 Å². The zero-order valence-electron chi connectivity index (χ0n) is 12.0. The Morgan fingerprint density at radius 3 is 2.17 bits per heavy atom. The summed E-state index contributed by atoms with van der Waals surface area (Å²) in [5.74, 6) is -1.47. The maximum absolute atomic E-state index is 12.2. The van der Waals surface area contributed by atoms with E-state index in [4.69, 9.17) is 8.74 Å². The highest BCUT2D eigenvalue weighted by Crippen LogP contribution is 2.28. The highest BCUT2D eigenvalue weighted by atomic mass is 32.2. The van der Waals surface area contributed by atoms with E-state index in [0.717, 1.165) is 23.8 Å². The van der Waals surface area contributed by atoms with E-state index in [0.29, 0.717) is 0 Å². The number of aryl methyl sites for hydroxylation is 1. The van der Waals surface area contributed by atoms with E-state index in [1.807, 2.05) is 0 Å². The average Bonchev–Trinajstić information content (AvgIpc) is 2.40. The minimum atomic E-state index is -4.43. The fourth-order valence-corrected chi connectivity index (χ4v) is 3.41. The van der Waals surface area contributed by atoms with Crippen LogP contribution in [0, 0.1) is 6.92 Å². The molecule has 0 bridgehead atoms. The second-order valence-corrected chi connectivity index (χ2v) is 7.87. The van der Waals surface area contributed by atoms with Crippen molar-refractivity contribution in [2.45, 2.75) is 17.6 Å². The molecule has 0 heterocycles. The number of phenols is 1. The van der Waals surface area contributed by atoms with Gasteiger partial charge in [0.15, 0.2) is 0 Å². The molecule has 0 radical (unpaired) electrons. The first-order valence-electron chi connectivity index (χ1n) is 6.35. The zero-order valence-corrected chi connectivity index (χ0v) is 13.6.